The molecule has 0 radical (unpaired) electrons. The highest BCUT2D eigenvalue weighted by atomic mass is 14.7. The summed E-state index contributed by atoms with van der Waals surface area (Å²) in [5.41, 5.74) is 8.10. The molecular weight excluding hydrogens is 182 g/mol. The fourth-order valence-electron chi connectivity index (χ4n) is 2.67. The molecule has 1 fully saturated rings. The molecule has 2 N–H and O–H groups in total. The van der Waals surface area contributed by atoms with Crippen LogP contribution in [-0.4, -0.2) is 6.04 Å². The van der Waals surface area contributed by atoms with Crippen LogP contribution in [0.1, 0.15) is 44.6 Å². The number of benzene rings is 1. The van der Waals surface area contributed by atoms with Crippen molar-refractivity contribution < 1.29 is 0 Å². The van der Waals surface area contributed by atoms with Crippen LogP contribution in [0.3, 0.4) is 0 Å². The predicted octanol–water partition coefficient (Wildman–Crippen LogP) is 3.31. The van der Waals surface area contributed by atoms with Crippen LogP contribution in [0, 0.1) is 5.41 Å². The third kappa shape index (κ3) is 2.40. The molecule has 0 heterocycles. The Morgan fingerprint density at radius 1 is 1.20 bits per heavy atom. The lowest BCUT2D eigenvalue weighted by Gasteiger charge is -2.39. The summed E-state index contributed by atoms with van der Waals surface area (Å²) in [5, 5.41) is 0. The van der Waals surface area contributed by atoms with Crippen LogP contribution in [0.2, 0.25) is 0 Å². The summed E-state index contributed by atoms with van der Waals surface area (Å²) in [6, 6.07) is 11.1. The molecule has 82 valence electrons. The van der Waals surface area contributed by atoms with Gasteiger partial charge >= 0.3 is 0 Å². The number of hydrogen-bond donors (Lipinski definition) is 1. The van der Waals surface area contributed by atoms with Crippen molar-refractivity contribution in [3.8, 4) is 0 Å². The molecule has 1 aromatic carbocycles. The maximum absolute atomic E-state index is 6.23. The minimum Gasteiger partial charge on any atom is -0.327 e. The van der Waals surface area contributed by atoms with Crippen molar-refractivity contribution in [1.82, 2.24) is 0 Å². The van der Waals surface area contributed by atoms with E-state index in [1.165, 1.54) is 18.4 Å². The first-order chi connectivity index (χ1) is 7.08. The normalized spacial score (nSPS) is 30.1. The van der Waals surface area contributed by atoms with Crippen LogP contribution in [0.5, 0.6) is 0 Å². The van der Waals surface area contributed by atoms with Gasteiger partial charge in [-0.05, 0) is 36.2 Å². The van der Waals surface area contributed by atoms with E-state index in [1.807, 2.05) is 0 Å². The lowest BCUT2D eigenvalue weighted by molar-refractivity contribution is 0.198. The van der Waals surface area contributed by atoms with Gasteiger partial charge in [0.05, 0.1) is 0 Å². The second-order valence-corrected chi connectivity index (χ2v) is 5.59. The van der Waals surface area contributed by atoms with E-state index in [-0.39, 0.29) is 0 Å². The zero-order valence-electron chi connectivity index (χ0n) is 9.74. The quantitative estimate of drug-likeness (QED) is 0.744. The zero-order valence-corrected chi connectivity index (χ0v) is 9.74. The Bertz CT molecular complexity index is 315. The second-order valence-electron chi connectivity index (χ2n) is 5.59. The van der Waals surface area contributed by atoms with Crippen LogP contribution in [-0.2, 0) is 0 Å². The fraction of sp³-hybridized carbons (Fsp3) is 0.571. The molecule has 0 saturated heterocycles. The largest absolute Gasteiger partial charge is 0.327 e. The lowest BCUT2D eigenvalue weighted by atomic mass is 9.68. The van der Waals surface area contributed by atoms with Gasteiger partial charge in [0.1, 0.15) is 0 Å². The molecule has 1 aliphatic carbocycles. The monoisotopic (exact) mass is 203 g/mol. The van der Waals surface area contributed by atoms with E-state index in [2.05, 4.69) is 44.2 Å². The molecule has 1 aliphatic rings. The van der Waals surface area contributed by atoms with Crippen molar-refractivity contribution in [3.63, 3.8) is 0 Å². The van der Waals surface area contributed by atoms with E-state index in [4.69, 9.17) is 5.73 Å². The molecule has 0 bridgehead atoms. The van der Waals surface area contributed by atoms with Gasteiger partial charge in [-0.3, -0.25) is 0 Å². The molecule has 1 aromatic rings. The van der Waals surface area contributed by atoms with Gasteiger partial charge in [0, 0.05) is 6.04 Å². The average Bonchev–Trinajstić information content (AvgIpc) is 2.23. The van der Waals surface area contributed by atoms with Gasteiger partial charge in [-0.15, -0.1) is 0 Å². The molecule has 0 unspecified atom stereocenters. The molecule has 0 spiro atoms. The summed E-state index contributed by atoms with van der Waals surface area (Å²) >= 11 is 0. The predicted molar refractivity (Wildman–Crippen MR) is 64.8 cm³/mol. The first-order valence-electron chi connectivity index (χ1n) is 5.89. The van der Waals surface area contributed by atoms with Gasteiger partial charge in [0.25, 0.3) is 0 Å². The van der Waals surface area contributed by atoms with Crippen molar-refractivity contribution in [3.05, 3.63) is 35.9 Å². The Morgan fingerprint density at radius 2 is 1.87 bits per heavy atom. The Balaban J connectivity index is 2.20. The standard InChI is InChI=1S/C14H21N/c1-14(2)9-8-13(15)12(10-14)11-6-4-3-5-7-11/h3-7,12-13H,8-10,15H2,1-2H3/t12-,13-/m1/s1. The molecule has 15 heavy (non-hydrogen) atoms. The van der Waals surface area contributed by atoms with E-state index < -0.39 is 0 Å². The Kier molecular flexibility index (Phi) is 2.83. The summed E-state index contributed by atoms with van der Waals surface area (Å²) in [6.45, 7) is 4.71. The van der Waals surface area contributed by atoms with E-state index in [9.17, 15) is 0 Å². The maximum atomic E-state index is 6.23. The van der Waals surface area contributed by atoms with Gasteiger partial charge in [-0.25, -0.2) is 0 Å². The van der Waals surface area contributed by atoms with Crippen LogP contribution >= 0.6 is 0 Å². The summed E-state index contributed by atoms with van der Waals surface area (Å²) in [5.74, 6) is 0.551. The molecule has 1 heteroatoms. The van der Waals surface area contributed by atoms with E-state index >= 15 is 0 Å². The van der Waals surface area contributed by atoms with Gasteiger partial charge in [0.15, 0.2) is 0 Å². The highest BCUT2D eigenvalue weighted by molar-refractivity contribution is 5.22. The Hall–Kier alpha value is -0.820. The minimum atomic E-state index is 0.348. The molecule has 1 nitrogen and oxygen atoms in total. The van der Waals surface area contributed by atoms with Gasteiger partial charge in [-0.1, -0.05) is 44.2 Å². The minimum absolute atomic E-state index is 0.348. The summed E-state index contributed by atoms with van der Waals surface area (Å²) < 4.78 is 0. The Morgan fingerprint density at radius 3 is 2.53 bits per heavy atom. The molecule has 0 aliphatic heterocycles. The summed E-state index contributed by atoms with van der Waals surface area (Å²) in [6.07, 6.45) is 3.64. The van der Waals surface area contributed by atoms with E-state index in [1.54, 1.807) is 0 Å². The van der Waals surface area contributed by atoms with Crippen molar-refractivity contribution >= 4 is 0 Å². The van der Waals surface area contributed by atoms with Crippen molar-refractivity contribution in [1.29, 1.82) is 0 Å². The van der Waals surface area contributed by atoms with Gasteiger partial charge in [0.2, 0.25) is 0 Å². The second kappa shape index (κ2) is 3.97. The number of hydrogen-bond acceptors (Lipinski definition) is 1. The van der Waals surface area contributed by atoms with E-state index in [0.29, 0.717) is 17.4 Å². The number of rotatable bonds is 1. The molecule has 0 amide bonds. The van der Waals surface area contributed by atoms with Crippen molar-refractivity contribution in [2.75, 3.05) is 0 Å². The maximum Gasteiger partial charge on any atom is 0.0108 e. The summed E-state index contributed by atoms with van der Waals surface area (Å²) in [4.78, 5) is 0. The zero-order chi connectivity index (χ0) is 10.9. The van der Waals surface area contributed by atoms with Crippen molar-refractivity contribution in [2.24, 2.45) is 11.1 Å². The SMILES string of the molecule is CC1(C)CC[C@@H](N)[C@@H](c2ccccc2)C1. The van der Waals surface area contributed by atoms with Crippen LogP contribution < -0.4 is 5.73 Å². The topological polar surface area (TPSA) is 26.0 Å². The highest BCUT2D eigenvalue weighted by Gasteiger charge is 2.33. The lowest BCUT2D eigenvalue weighted by Crippen LogP contribution is -2.37. The summed E-state index contributed by atoms with van der Waals surface area (Å²) in [7, 11) is 0. The average molecular weight is 203 g/mol. The Labute approximate surface area is 92.7 Å². The molecular formula is C14H21N. The first kappa shape index (κ1) is 10.7. The molecule has 2 rings (SSSR count). The first-order valence-corrected chi connectivity index (χ1v) is 5.89. The van der Waals surface area contributed by atoms with Gasteiger partial charge < -0.3 is 5.73 Å². The smallest absolute Gasteiger partial charge is 0.0108 e. The van der Waals surface area contributed by atoms with E-state index in [0.717, 1.165) is 6.42 Å². The molecule has 1 saturated carbocycles. The fourth-order valence-corrected chi connectivity index (χ4v) is 2.67. The van der Waals surface area contributed by atoms with Gasteiger partial charge in [-0.2, -0.15) is 0 Å². The molecule has 2 atom stereocenters. The molecule has 0 aromatic heterocycles. The van der Waals surface area contributed by atoms with Crippen LogP contribution in [0.15, 0.2) is 30.3 Å². The highest BCUT2D eigenvalue weighted by Crippen LogP contribution is 2.42. The van der Waals surface area contributed by atoms with Crippen LogP contribution in [0.25, 0.3) is 0 Å². The third-order valence-electron chi connectivity index (χ3n) is 3.67. The van der Waals surface area contributed by atoms with Crippen LogP contribution in [0.4, 0.5) is 0 Å². The number of nitrogens with two attached hydrogens (primary N) is 1. The van der Waals surface area contributed by atoms with Crippen molar-refractivity contribution in [2.45, 2.75) is 45.1 Å². The third-order valence-corrected chi connectivity index (χ3v) is 3.67.